The SMILES string of the molecule is Cc1[nH]cnc1CN1C[C@@H]2CC[C@H](C1)N(C(=O)CCc1cnn(C)c1)C2. The number of amides is 1. The number of aromatic nitrogens is 4. The third-order valence-corrected chi connectivity index (χ3v) is 5.80. The van der Waals surface area contributed by atoms with Crippen molar-refractivity contribution in [3.8, 4) is 0 Å². The maximum absolute atomic E-state index is 12.9. The molecular formula is C19H28N6O. The van der Waals surface area contributed by atoms with Crippen LogP contribution in [0.2, 0.25) is 0 Å². The van der Waals surface area contributed by atoms with E-state index in [2.05, 4.69) is 31.8 Å². The molecule has 0 saturated carbocycles. The number of nitrogens with zero attached hydrogens (tertiary/aromatic N) is 5. The molecule has 2 aromatic rings. The standard InChI is InChI=1S/C19H28N6O/c1-14-18(21-13-20-14)12-24-9-16-3-5-17(11-24)25(10-16)19(26)6-4-15-7-22-23(2)8-15/h7-8,13,16-17H,3-6,9-12H2,1-2H3,(H,20,21)/t16-,17+/m0/s1. The highest BCUT2D eigenvalue weighted by Gasteiger charge is 2.37. The second-order valence-corrected chi connectivity index (χ2v) is 7.83. The molecule has 5 heterocycles. The lowest BCUT2D eigenvalue weighted by Crippen LogP contribution is -2.47. The molecule has 0 aliphatic carbocycles. The third kappa shape index (κ3) is 3.67. The first-order valence-corrected chi connectivity index (χ1v) is 9.56. The van der Waals surface area contributed by atoms with Gasteiger partial charge in [-0.25, -0.2) is 4.98 Å². The molecular weight excluding hydrogens is 328 g/mol. The number of piperidine rings is 1. The normalized spacial score (nSPS) is 23.4. The number of hydrogen-bond donors (Lipinski definition) is 1. The maximum Gasteiger partial charge on any atom is 0.223 e. The van der Waals surface area contributed by atoms with Crippen molar-refractivity contribution in [3.05, 3.63) is 35.7 Å². The van der Waals surface area contributed by atoms with Crippen molar-refractivity contribution in [2.75, 3.05) is 19.6 Å². The molecule has 26 heavy (non-hydrogen) atoms. The van der Waals surface area contributed by atoms with Gasteiger partial charge in [0.2, 0.25) is 5.91 Å². The number of nitrogens with one attached hydrogen (secondary N) is 1. The summed E-state index contributed by atoms with van der Waals surface area (Å²) in [4.78, 5) is 25.1. The van der Waals surface area contributed by atoms with Crippen LogP contribution >= 0.6 is 0 Å². The average molecular weight is 356 g/mol. The van der Waals surface area contributed by atoms with Crippen molar-refractivity contribution < 1.29 is 4.79 Å². The van der Waals surface area contributed by atoms with Gasteiger partial charge in [0, 0.05) is 57.6 Å². The molecule has 7 heteroatoms. The van der Waals surface area contributed by atoms with E-state index in [1.807, 2.05) is 19.4 Å². The van der Waals surface area contributed by atoms with E-state index in [1.165, 1.54) is 6.42 Å². The highest BCUT2D eigenvalue weighted by atomic mass is 16.2. The van der Waals surface area contributed by atoms with Gasteiger partial charge in [-0.1, -0.05) is 0 Å². The molecule has 1 N–H and O–H groups in total. The van der Waals surface area contributed by atoms with Crippen LogP contribution in [0.3, 0.4) is 0 Å². The first-order chi connectivity index (χ1) is 12.6. The number of hydrogen-bond acceptors (Lipinski definition) is 4. The third-order valence-electron chi connectivity index (χ3n) is 5.80. The summed E-state index contributed by atoms with van der Waals surface area (Å²) in [5, 5.41) is 4.19. The van der Waals surface area contributed by atoms with Crippen LogP contribution in [0, 0.1) is 12.8 Å². The molecule has 3 aliphatic rings. The molecule has 2 aromatic heterocycles. The second kappa shape index (κ2) is 7.23. The molecule has 0 unspecified atom stereocenters. The largest absolute Gasteiger partial charge is 0.348 e. The summed E-state index contributed by atoms with van der Waals surface area (Å²) in [6.45, 7) is 5.88. The van der Waals surface area contributed by atoms with Gasteiger partial charge in [-0.2, -0.15) is 5.10 Å². The fourth-order valence-electron chi connectivity index (χ4n) is 4.37. The molecule has 3 saturated heterocycles. The van der Waals surface area contributed by atoms with Gasteiger partial charge in [0.15, 0.2) is 0 Å². The number of carbonyl (C=O) groups excluding carboxylic acids is 1. The van der Waals surface area contributed by atoms with Crippen LogP contribution in [-0.2, 0) is 24.8 Å². The summed E-state index contributed by atoms with van der Waals surface area (Å²) in [6.07, 6.45) is 9.33. The van der Waals surface area contributed by atoms with Crippen molar-refractivity contribution in [1.29, 1.82) is 0 Å². The van der Waals surface area contributed by atoms with E-state index < -0.39 is 0 Å². The second-order valence-electron chi connectivity index (χ2n) is 7.83. The zero-order chi connectivity index (χ0) is 18.1. The number of carbonyl (C=O) groups is 1. The van der Waals surface area contributed by atoms with Gasteiger partial charge < -0.3 is 9.88 Å². The predicted molar refractivity (Wildman–Crippen MR) is 98.4 cm³/mol. The number of aryl methyl sites for hydroxylation is 3. The van der Waals surface area contributed by atoms with Gasteiger partial charge in [-0.05, 0) is 37.7 Å². The van der Waals surface area contributed by atoms with Crippen molar-refractivity contribution in [2.24, 2.45) is 13.0 Å². The van der Waals surface area contributed by atoms with Gasteiger partial charge in [-0.3, -0.25) is 14.4 Å². The fourth-order valence-corrected chi connectivity index (χ4v) is 4.37. The van der Waals surface area contributed by atoms with Crippen LogP contribution in [0.1, 0.15) is 36.2 Å². The van der Waals surface area contributed by atoms with Crippen LogP contribution < -0.4 is 0 Å². The Kier molecular flexibility index (Phi) is 4.80. The lowest BCUT2D eigenvalue weighted by molar-refractivity contribution is -0.135. The summed E-state index contributed by atoms with van der Waals surface area (Å²) in [6, 6.07) is 0.342. The summed E-state index contributed by atoms with van der Waals surface area (Å²) in [7, 11) is 1.91. The predicted octanol–water partition coefficient (Wildman–Crippen LogP) is 1.51. The van der Waals surface area contributed by atoms with Crippen LogP contribution in [0.15, 0.2) is 18.7 Å². The van der Waals surface area contributed by atoms with E-state index in [1.54, 1.807) is 11.0 Å². The quantitative estimate of drug-likeness (QED) is 0.882. The van der Waals surface area contributed by atoms with Gasteiger partial charge in [0.1, 0.15) is 0 Å². The minimum atomic E-state index is 0.293. The van der Waals surface area contributed by atoms with E-state index in [-0.39, 0.29) is 0 Å². The van der Waals surface area contributed by atoms with Crippen LogP contribution in [0.25, 0.3) is 0 Å². The monoisotopic (exact) mass is 356 g/mol. The highest BCUT2D eigenvalue weighted by Crippen LogP contribution is 2.29. The van der Waals surface area contributed by atoms with E-state index in [9.17, 15) is 4.79 Å². The molecule has 0 spiro atoms. The Bertz CT molecular complexity index is 766. The fraction of sp³-hybridized carbons (Fsp3) is 0.632. The average Bonchev–Trinajstić information content (AvgIpc) is 3.11. The summed E-state index contributed by atoms with van der Waals surface area (Å²) in [5.74, 6) is 0.872. The van der Waals surface area contributed by atoms with Crippen molar-refractivity contribution in [2.45, 2.75) is 45.2 Å². The smallest absolute Gasteiger partial charge is 0.223 e. The Morgan fingerprint density at radius 3 is 2.92 bits per heavy atom. The Morgan fingerprint density at radius 1 is 1.31 bits per heavy atom. The molecule has 2 bridgehead atoms. The lowest BCUT2D eigenvalue weighted by atomic mass is 9.94. The number of aromatic amines is 1. The summed E-state index contributed by atoms with van der Waals surface area (Å²) in [5.41, 5.74) is 3.41. The van der Waals surface area contributed by atoms with Gasteiger partial charge in [0.05, 0.1) is 18.2 Å². The van der Waals surface area contributed by atoms with Gasteiger partial charge in [-0.15, -0.1) is 0 Å². The Morgan fingerprint density at radius 2 is 2.19 bits per heavy atom. The molecule has 0 aromatic carbocycles. The number of H-pyrrole nitrogens is 1. The van der Waals surface area contributed by atoms with Crippen LogP contribution in [-0.4, -0.2) is 61.1 Å². The van der Waals surface area contributed by atoms with E-state index in [0.717, 1.165) is 56.0 Å². The van der Waals surface area contributed by atoms with E-state index in [4.69, 9.17) is 0 Å². The van der Waals surface area contributed by atoms with Crippen LogP contribution in [0.4, 0.5) is 0 Å². The van der Waals surface area contributed by atoms with E-state index >= 15 is 0 Å². The maximum atomic E-state index is 12.9. The summed E-state index contributed by atoms with van der Waals surface area (Å²) < 4.78 is 1.79. The molecule has 7 nitrogen and oxygen atoms in total. The molecule has 3 aliphatic heterocycles. The highest BCUT2D eigenvalue weighted by molar-refractivity contribution is 5.77. The molecule has 0 radical (unpaired) electrons. The first kappa shape index (κ1) is 17.3. The van der Waals surface area contributed by atoms with Gasteiger partial charge in [0.25, 0.3) is 0 Å². The van der Waals surface area contributed by atoms with Crippen molar-refractivity contribution >= 4 is 5.91 Å². The first-order valence-electron chi connectivity index (χ1n) is 9.56. The van der Waals surface area contributed by atoms with Crippen molar-refractivity contribution in [3.63, 3.8) is 0 Å². The zero-order valence-electron chi connectivity index (χ0n) is 15.7. The lowest BCUT2D eigenvalue weighted by Gasteiger charge is -2.36. The molecule has 1 amide bonds. The topological polar surface area (TPSA) is 70.1 Å². The Hall–Kier alpha value is -2.15. The van der Waals surface area contributed by atoms with Gasteiger partial charge >= 0.3 is 0 Å². The number of fused-ring (bicyclic) bond motifs is 4. The number of imidazole rings is 1. The summed E-state index contributed by atoms with van der Waals surface area (Å²) >= 11 is 0. The molecule has 2 atom stereocenters. The minimum absolute atomic E-state index is 0.293. The Labute approximate surface area is 154 Å². The molecule has 5 rings (SSSR count). The minimum Gasteiger partial charge on any atom is -0.348 e. The van der Waals surface area contributed by atoms with Crippen molar-refractivity contribution in [1.82, 2.24) is 29.5 Å². The zero-order valence-corrected chi connectivity index (χ0v) is 15.7. The molecule has 3 fully saturated rings. The number of rotatable bonds is 5. The molecule has 140 valence electrons. The van der Waals surface area contributed by atoms with Crippen LogP contribution in [0.5, 0.6) is 0 Å². The Balaban J connectivity index is 1.38. The van der Waals surface area contributed by atoms with E-state index in [0.29, 0.717) is 24.3 Å².